The fourth-order valence-corrected chi connectivity index (χ4v) is 4.27. The summed E-state index contributed by atoms with van der Waals surface area (Å²) in [6.45, 7) is -0.226. The molecule has 1 atom stereocenters. The standard InChI is InChI=1S/C14H13F3N4O5S/c15-14(16,17)26-8-1-3-9(4-2-8)27(24,25)21-6-11-10(18-7-19-11)5-12(21)13(22)20-23/h1-4,7,12,23H,5-6H2,(H,18,19)(H,20,22)/t12-/m1/s1. The van der Waals surface area contributed by atoms with Crippen LogP contribution in [0.25, 0.3) is 0 Å². The van der Waals surface area contributed by atoms with Crippen LogP contribution in [0, 0.1) is 0 Å². The number of ether oxygens (including phenoxy) is 1. The van der Waals surface area contributed by atoms with Gasteiger partial charge in [-0.2, -0.15) is 4.31 Å². The van der Waals surface area contributed by atoms with Crippen LogP contribution in [0.1, 0.15) is 11.4 Å². The zero-order valence-electron chi connectivity index (χ0n) is 13.4. The molecule has 1 aliphatic rings. The lowest BCUT2D eigenvalue weighted by molar-refractivity contribution is -0.274. The molecular weight excluding hydrogens is 393 g/mol. The second-order valence-electron chi connectivity index (χ2n) is 5.59. The molecule has 3 rings (SSSR count). The third-order valence-corrected chi connectivity index (χ3v) is 5.80. The lowest BCUT2D eigenvalue weighted by Gasteiger charge is -2.32. The summed E-state index contributed by atoms with van der Waals surface area (Å²) >= 11 is 0. The first-order valence-corrected chi connectivity index (χ1v) is 8.88. The number of benzene rings is 1. The minimum absolute atomic E-state index is 0.0836. The number of sulfonamides is 1. The Morgan fingerprint density at radius 3 is 2.59 bits per heavy atom. The van der Waals surface area contributed by atoms with Crippen molar-refractivity contribution < 1.29 is 36.3 Å². The van der Waals surface area contributed by atoms with Crippen molar-refractivity contribution in [2.45, 2.75) is 30.3 Å². The first-order chi connectivity index (χ1) is 12.6. The Bertz CT molecular complexity index is 942. The molecule has 0 aliphatic carbocycles. The van der Waals surface area contributed by atoms with Crippen molar-refractivity contribution in [3.8, 4) is 5.75 Å². The number of H-pyrrole nitrogens is 1. The van der Waals surface area contributed by atoms with Gasteiger partial charge in [0, 0.05) is 6.42 Å². The van der Waals surface area contributed by atoms with E-state index in [0.29, 0.717) is 11.4 Å². The highest BCUT2D eigenvalue weighted by Crippen LogP contribution is 2.29. The van der Waals surface area contributed by atoms with Crippen molar-refractivity contribution in [2.24, 2.45) is 0 Å². The van der Waals surface area contributed by atoms with Crippen molar-refractivity contribution in [3.63, 3.8) is 0 Å². The molecule has 1 aromatic heterocycles. The van der Waals surface area contributed by atoms with Gasteiger partial charge in [-0.15, -0.1) is 13.2 Å². The number of carbonyl (C=O) groups is 1. The van der Waals surface area contributed by atoms with E-state index in [1.165, 1.54) is 11.8 Å². The molecule has 146 valence electrons. The van der Waals surface area contributed by atoms with Crippen LogP contribution in [-0.4, -0.2) is 46.2 Å². The van der Waals surface area contributed by atoms with Gasteiger partial charge >= 0.3 is 6.36 Å². The van der Waals surface area contributed by atoms with Crippen LogP contribution in [0.15, 0.2) is 35.5 Å². The number of halogens is 3. The van der Waals surface area contributed by atoms with E-state index in [-0.39, 0.29) is 17.9 Å². The fraction of sp³-hybridized carbons (Fsp3) is 0.286. The number of nitrogens with zero attached hydrogens (tertiary/aromatic N) is 2. The van der Waals surface area contributed by atoms with E-state index >= 15 is 0 Å². The molecule has 1 aromatic carbocycles. The summed E-state index contributed by atoms with van der Waals surface area (Å²) in [5.74, 6) is -1.54. The molecule has 13 heteroatoms. The monoisotopic (exact) mass is 406 g/mol. The number of amides is 1. The van der Waals surface area contributed by atoms with E-state index in [9.17, 15) is 26.4 Å². The second kappa shape index (κ2) is 6.83. The Balaban J connectivity index is 1.93. The Morgan fingerprint density at radius 1 is 1.33 bits per heavy atom. The van der Waals surface area contributed by atoms with Crippen molar-refractivity contribution >= 4 is 15.9 Å². The number of alkyl halides is 3. The maximum atomic E-state index is 12.9. The third kappa shape index (κ3) is 3.89. The Morgan fingerprint density at radius 2 is 2.00 bits per heavy atom. The SMILES string of the molecule is O=C(NO)[C@H]1Cc2nc[nH]c2CN1S(=O)(=O)c1ccc(OC(F)(F)F)cc1. The minimum atomic E-state index is -4.91. The van der Waals surface area contributed by atoms with E-state index in [4.69, 9.17) is 5.21 Å². The van der Waals surface area contributed by atoms with Crippen molar-refractivity contribution in [1.82, 2.24) is 19.8 Å². The van der Waals surface area contributed by atoms with E-state index in [1.54, 1.807) is 0 Å². The van der Waals surface area contributed by atoms with Crippen molar-refractivity contribution in [3.05, 3.63) is 42.0 Å². The number of nitrogens with one attached hydrogen (secondary N) is 2. The summed E-state index contributed by atoms with van der Waals surface area (Å²) in [4.78, 5) is 18.4. The number of aromatic amines is 1. The molecule has 27 heavy (non-hydrogen) atoms. The summed E-state index contributed by atoms with van der Waals surface area (Å²) in [7, 11) is -4.27. The maximum Gasteiger partial charge on any atom is 0.573 e. The number of fused-ring (bicyclic) bond motifs is 1. The molecule has 0 unspecified atom stereocenters. The predicted octanol–water partition coefficient (Wildman–Crippen LogP) is 0.929. The van der Waals surface area contributed by atoms with Crippen LogP contribution in [-0.2, 0) is 27.8 Å². The largest absolute Gasteiger partial charge is 0.573 e. The number of hydrogen-bond acceptors (Lipinski definition) is 6. The average Bonchev–Trinajstić information content (AvgIpc) is 3.06. The van der Waals surface area contributed by atoms with Gasteiger partial charge in [-0.25, -0.2) is 18.9 Å². The van der Waals surface area contributed by atoms with Crippen LogP contribution in [0.3, 0.4) is 0 Å². The molecule has 0 saturated heterocycles. The highest BCUT2D eigenvalue weighted by Gasteiger charge is 2.41. The second-order valence-corrected chi connectivity index (χ2v) is 7.48. The molecule has 1 aliphatic heterocycles. The van der Waals surface area contributed by atoms with Crippen LogP contribution < -0.4 is 10.2 Å². The fourth-order valence-electron chi connectivity index (χ4n) is 2.71. The molecule has 0 saturated carbocycles. The van der Waals surface area contributed by atoms with Crippen molar-refractivity contribution in [2.75, 3.05) is 0 Å². The molecule has 0 fully saturated rings. The number of rotatable bonds is 4. The minimum Gasteiger partial charge on any atom is -0.406 e. The number of hydroxylamine groups is 1. The van der Waals surface area contributed by atoms with Gasteiger partial charge in [0.05, 0.1) is 29.2 Å². The topological polar surface area (TPSA) is 125 Å². The average molecular weight is 406 g/mol. The number of hydrogen-bond donors (Lipinski definition) is 3. The lowest BCUT2D eigenvalue weighted by atomic mass is 10.1. The smallest absolute Gasteiger partial charge is 0.406 e. The highest BCUT2D eigenvalue weighted by molar-refractivity contribution is 7.89. The summed E-state index contributed by atoms with van der Waals surface area (Å²) in [5, 5.41) is 8.91. The third-order valence-electron chi connectivity index (χ3n) is 3.93. The van der Waals surface area contributed by atoms with Crippen LogP contribution in [0.4, 0.5) is 13.2 Å². The Hall–Kier alpha value is -2.64. The number of carbonyl (C=O) groups excluding carboxylic acids is 1. The molecule has 0 bridgehead atoms. The first kappa shape index (κ1) is 19.1. The first-order valence-electron chi connectivity index (χ1n) is 7.44. The van der Waals surface area contributed by atoms with Gasteiger partial charge in [0.1, 0.15) is 11.8 Å². The van der Waals surface area contributed by atoms with E-state index < -0.39 is 34.1 Å². The quantitative estimate of drug-likeness (QED) is 0.513. The van der Waals surface area contributed by atoms with Gasteiger partial charge in [-0.1, -0.05) is 0 Å². The number of imidazole rings is 1. The van der Waals surface area contributed by atoms with Gasteiger partial charge in [-0.3, -0.25) is 10.0 Å². The molecule has 9 nitrogen and oxygen atoms in total. The zero-order valence-corrected chi connectivity index (χ0v) is 14.2. The van der Waals surface area contributed by atoms with Crippen LogP contribution >= 0.6 is 0 Å². The number of aromatic nitrogens is 2. The van der Waals surface area contributed by atoms with Gasteiger partial charge < -0.3 is 9.72 Å². The molecule has 0 spiro atoms. The van der Waals surface area contributed by atoms with Gasteiger partial charge in [0.25, 0.3) is 5.91 Å². The van der Waals surface area contributed by atoms with E-state index in [2.05, 4.69) is 14.7 Å². The Labute approximate surface area is 150 Å². The lowest BCUT2D eigenvalue weighted by Crippen LogP contribution is -2.51. The maximum absolute atomic E-state index is 12.9. The summed E-state index contributed by atoms with van der Waals surface area (Å²) in [5.41, 5.74) is 2.36. The van der Waals surface area contributed by atoms with Crippen LogP contribution in [0.2, 0.25) is 0 Å². The molecular formula is C14H13F3N4O5S. The highest BCUT2D eigenvalue weighted by atomic mass is 32.2. The zero-order chi connectivity index (χ0) is 19.8. The normalized spacial score (nSPS) is 18.0. The molecule has 1 amide bonds. The molecule has 3 N–H and O–H groups in total. The Kier molecular flexibility index (Phi) is 4.84. The van der Waals surface area contributed by atoms with Gasteiger partial charge in [0.15, 0.2) is 0 Å². The molecule has 2 aromatic rings. The predicted molar refractivity (Wildman–Crippen MR) is 81.9 cm³/mol. The summed E-state index contributed by atoms with van der Waals surface area (Å²) in [6.07, 6.45) is -3.65. The van der Waals surface area contributed by atoms with E-state index in [0.717, 1.165) is 28.6 Å². The molecule has 2 heterocycles. The van der Waals surface area contributed by atoms with E-state index in [1.807, 2.05) is 0 Å². The summed E-state index contributed by atoms with van der Waals surface area (Å²) in [6, 6.07) is 2.31. The summed E-state index contributed by atoms with van der Waals surface area (Å²) < 4.78 is 67.1. The molecule has 0 radical (unpaired) electrons. The van der Waals surface area contributed by atoms with Crippen molar-refractivity contribution in [1.29, 1.82) is 0 Å². The van der Waals surface area contributed by atoms with Gasteiger partial charge in [0.2, 0.25) is 10.0 Å². The van der Waals surface area contributed by atoms with Gasteiger partial charge in [-0.05, 0) is 24.3 Å². The van der Waals surface area contributed by atoms with Crippen LogP contribution in [0.5, 0.6) is 5.75 Å².